The lowest BCUT2D eigenvalue weighted by Crippen LogP contribution is -2.47. The van der Waals surface area contributed by atoms with Gasteiger partial charge in [0.15, 0.2) is 5.96 Å². The third-order valence-corrected chi connectivity index (χ3v) is 4.32. The molecule has 3 atom stereocenters. The smallest absolute Gasteiger partial charge is 0.213 e. The van der Waals surface area contributed by atoms with E-state index in [0.717, 1.165) is 37.5 Å². The summed E-state index contributed by atoms with van der Waals surface area (Å²) in [6.45, 7) is 0.779. The predicted octanol–water partition coefficient (Wildman–Crippen LogP) is 1.12. The first-order chi connectivity index (χ1) is 10.8. The minimum absolute atomic E-state index is 0.351. The van der Waals surface area contributed by atoms with Gasteiger partial charge >= 0.3 is 0 Å². The van der Waals surface area contributed by atoms with Crippen LogP contribution in [0.3, 0.4) is 0 Å². The van der Waals surface area contributed by atoms with E-state index >= 15 is 0 Å². The normalized spacial score (nSPS) is 27.0. The van der Waals surface area contributed by atoms with Crippen LogP contribution in [-0.4, -0.2) is 49.9 Å². The second-order valence-corrected chi connectivity index (χ2v) is 5.78. The Hall–Kier alpha value is -1.82. The molecule has 2 N–H and O–H groups in total. The van der Waals surface area contributed by atoms with Gasteiger partial charge in [0, 0.05) is 31.8 Å². The average Bonchev–Trinajstić information content (AvgIpc) is 3.17. The van der Waals surface area contributed by atoms with Crippen molar-refractivity contribution in [1.82, 2.24) is 15.6 Å². The zero-order chi connectivity index (χ0) is 15.4. The first-order valence-electron chi connectivity index (χ1n) is 7.91. The van der Waals surface area contributed by atoms with Crippen LogP contribution in [-0.2, 0) is 11.2 Å². The molecule has 2 aliphatic heterocycles. The number of hydrogen-bond donors (Lipinski definition) is 2. The molecule has 6 heteroatoms. The molecule has 1 aromatic rings. The van der Waals surface area contributed by atoms with E-state index in [-0.39, 0.29) is 0 Å². The van der Waals surface area contributed by atoms with Gasteiger partial charge in [-0.3, -0.25) is 4.99 Å². The summed E-state index contributed by atoms with van der Waals surface area (Å²) in [5.74, 6) is 1.49. The molecule has 2 saturated heterocycles. The Balaban J connectivity index is 1.45. The van der Waals surface area contributed by atoms with Crippen molar-refractivity contribution in [3.63, 3.8) is 0 Å². The molecule has 0 saturated carbocycles. The number of methoxy groups -OCH3 is 1. The Bertz CT molecular complexity index is 535. The molecule has 0 aromatic carbocycles. The Morgan fingerprint density at radius 2 is 2.36 bits per heavy atom. The third-order valence-electron chi connectivity index (χ3n) is 4.32. The SMILES string of the molecule is CN=C(NCCc1cccc(OC)n1)NC1CC2CCC1O2. The van der Waals surface area contributed by atoms with Crippen LogP contribution >= 0.6 is 0 Å². The second-order valence-electron chi connectivity index (χ2n) is 5.78. The van der Waals surface area contributed by atoms with Crippen molar-refractivity contribution < 1.29 is 9.47 Å². The molecule has 0 aliphatic carbocycles. The lowest BCUT2D eigenvalue weighted by atomic mass is 9.96. The first kappa shape index (κ1) is 15.1. The van der Waals surface area contributed by atoms with Crippen LogP contribution in [0.25, 0.3) is 0 Å². The van der Waals surface area contributed by atoms with E-state index in [1.165, 1.54) is 6.42 Å². The van der Waals surface area contributed by atoms with Crippen LogP contribution in [0.5, 0.6) is 5.88 Å². The molecule has 2 bridgehead atoms. The van der Waals surface area contributed by atoms with Crippen molar-refractivity contribution >= 4 is 5.96 Å². The van der Waals surface area contributed by atoms with E-state index in [9.17, 15) is 0 Å². The van der Waals surface area contributed by atoms with Crippen LogP contribution in [0, 0.1) is 0 Å². The number of nitrogens with zero attached hydrogens (tertiary/aromatic N) is 2. The van der Waals surface area contributed by atoms with Crippen LogP contribution < -0.4 is 15.4 Å². The molecule has 3 rings (SSSR count). The maximum Gasteiger partial charge on any atom is 0.213 e. The van der Waals surface area contributed by atoms with Gasteiger partial charge in [0.1, 0.15) is 0 Å². The fraction of sp³-hybridized carbons (Fsp3) is 0.625. The minimum Gasteiger partial charge on any atom is -0.481 e. The second kappa shape index (κ2) is 6.96. The zero-order valence-corrected chi connectivity index (χ0v) is 13.2. The molecule has 6 nitrogen and oxygen atoms in total. The topological polar surface area (TPSA) is 67.8 Å². The summed E-state index contributed by atoms with van der Waals surface area (Å²) in [7, 11) is 3.43. The molecule has 120 valence electrons. The summed E-state index contributed by atoms with van der Waals surface area (Å²) in [5, 5.41) is 6.82. The van der Waals surface area contributed by atoms with Gasteiger partial charge in [-0.25, -0.2) is 4.98 Å². The summed E-state index contributed by atoms with van der Waals surface area (Å²) in [6, 6.07) is 6.21. The van der Waals surface area contributed by atoms with Crippen LogP contribution in [0.1, 0.15) is 25.0 Å². The summed E-state index contributed by atoms with van der Waals surface area (Å²) in [4.78, 5) is 8.70. The standard InChI is InChI=1S/C16H24N4O2/c1-17-16(20-13-10-12-6-7-14(13)22-12)18-9-8-11-4-3-5-15(19-11)21-2/h3-5,12-14H,6-10H2,1-2H3,(H2,17,18,20). The van der Waals surface area contributed by atoms with E-state index in [1.807, 2.05) is 18.2 Å². The highest BCUT2D eigenvalue weighted by molar-refractivity contribution is 5.80. The number of nitrogens with one attached hydrogen (secondary N) is 2. The van der Waals surface area contributed by atoms with E-state index in [2.05, 4.69) is 20.6 Å². The predicted molar refractivity (Wildman–Crippen MR) is 85.3 cm³/mol. The first-order valence-corrected chi connectivity index (χ1v) is 7.91. The number of fused-ring (bicyclic) bond motifs is 2. The Kier molecular flexibility index (Phi) is 4.77. The van der Waals surface area contributed by atoms with Gasteiger partial charge in [-0.1, -0.05) is 6.07 Å². The van der Waals surface area contributed by atoms with Crippen LogP contribution in [0.15, 0.2) is 23.2 Å². The molecule has 3 heterocycles. The van der Waals surface area contributed by atoms with Gasteiger partial charge in [-0.15, -0.1) is 0 Å². The highest BCUT2D eigenvalue weighted by atomic mass is 16.5. The van der Waals surface area contributed by atoms with E-state index in [1.54, 1.807) is 14.2 Å². The quantitative estimate of drug-likeness (QED) is 0.630. The molecule has 2 aliphatic rings. The molecular weight excluding hydrogens is 280 g/mol. The minimum atomic E-state index is 0.351. The van der Waals surface area contributed by atoms with Gasteiger partial charge < -0.3 is 20.1 Å². The summed E-state index contributed by atoms with van der Waals surface area (Å²) in [5.41, 5.74) is 1.01. The maximum absolute atomic E-state index is 5.86. The largest absolute Gasteiger partial charge is 0.481 e. The number of hydrogen-bond acceptors (Lipinski definition) is 4. The van der Waals surface area contributed by atoms with Crippen molar-refractivity contribution in [3.05, 3.63) is 23.9 Å². The van der Waals surface area contributed by atoms with E-state index < -0.39 is 0 Å². The fourth-order valence-corrected chi connectivity index (χ4v) is 3.18. The summed E-state index contributed by atoms with van der Waals surface area (Å²) < 4.78 is 11.0. The number of rotatable bonds is 5. The van der Waals surface area contributed by atoms with Gasteiger partial charge in [-0.05, 0) is 25.3 Å². The van der Waals surface area contributed by atoms with Crippen LogP contribution in [0.2, 0.25) is 0 Å². The van der Waals surface area contributed by atoms with Gasteiger partial charge in [0.25, 0.3) is 0 Å². The molecule has 2 fully saturated rings. The highest BCUT2D eigenvalue weighted by Crippen LogP contribution is 2.34. The molecule has 3 unspecified atom stereocenters. The van der Waals surface area contributed by atoms with Gasteiger partial charge in [-0.2, -0.15) is 0 Å². The van der Waals surface area contributed by atoms with Crippen molar-refractivity contribution in [3.8, 4) is 5.88 Å². The molecule has 0 amide bonds. The number of guanidine groups is 1. The maximum atomic E-state index is 5.86. The number of pyridine rings is 1. The Morgan fingerprint density at radius 1 is 1.45 bits per heavy atom. The van der Waals surface area contributed by atoms with Crippen molar-refractivity contribution in [2.45, 2.75) is 43.9 Å². The van der Waals surface area contributed by atoms with Crippen molar-refractivity contribution in [2.75, 3.05) is 20.7 Å². The molecule has 22 heavy (non-hydrogen) atoms. The third kappa shape index (κ3) is 3.50. The molecular formula is C16H24N4O2. The fourth-order valence-electron chi connectivity index (χ4n) is 3.18. The summed E-state index contributed by atoms with van der Waals surface area (Å²) >= 11 is 0. The van der Waals surface area contributed by atoms with Gasteiger partial charge in [0.05, 0.1) is 25.4 Å². The van der Waals surface area contributed by atoms with E-state index in [4.69, 9.17) is 9.47 Å². The van der Waals surface area contributed by atoms with Gasteiger partial charge in [0.2, 0.25) is 5.88 Å². The monoisotopic (exact) mass is 304 g/mol. The van der Waals surface area contributed by atoms with Crippen molar-refractivity contribution in [1.29, 1.82) is 0 Å². The van der Waals surface area contributed by atoms with E-state index in [0.29, 0.717) is 24.1 Å². The number of ether oxygens (including phenoxy) is 2. The highest BCUT2D eigenvalue weighted by Gasteiger charge is 2.41. The lowest BCUT2D eigenvalue weighted by molar-refractivity contribution is 0.0992. The molecule has 0 radical (unpaired) electrons. The molecule has 0 spiro atoms. The number of aromatic nitrogens is 1. The summed E-state index contributed by atoms with van der Waals surface area (Å²) in [6.07, 6.45) is 5.07. The molecule has 1 aromatic heterocycles. The Labute approximate surface area is 131 Å². The lowest BCUT2D eigenvalue weighted by Gasteiger charge is -2.22. The van der Waals surface area contributed by atoms with Crippen LogP contribution in [0.4, 0.5) is 0 Å². The average molecular weight is 304 g/mol. The zero-order valence-electron chi connectivity index (χ0n) is 13.2. The Morgan fingerprint density at radius 3 is 3.05 bits per heavy atom. The number of aliphatic imine (C=N–C) groups is 1. The van der Waals surface area contributed by atoms with Crippen molar-refractivity contribution in [2.24, 2.45) is 4.99 Å².